The maximum absolute atomic E-state index is 5.91. The molecule has 1 heterocycles. The van der Waals surface area contributed by atoms with E-state index < -0.39 is 0 Å². The topological polar surface area (TPSA) is 39.7 Å². The number of hydrogen-bond acceptors (Lipinski definition) is 4. The molecule has 0 saturated carbocycles. The molecular weight excluding hydrogens is 334 g/mol. The van der Waals surface area contributed by atoms with Gasteiger partial charge in [0.2, 0.25) is 0 Å². The molecule has 2 atom stereocenters. The molecule has 2 unspecified atom stereocenters. The highest BCUT2D eigenvalue weighted by molar-refractivity contribution is 9.10. The van der Waals surface area contributed by atoms with Crippen molar-refractivity contribution in [1.82, 2.24) is 5.32 Å². The van der Waals surface area contributed by atoms with E-state index >= 15 is 0 Å². The van der Waals surface area contributed by atoms with Crippen LogP contribution in [-0.4, -0.2) is 39.1 Å². The third-order valence-corrected chi connectivity index (χ3v) is 3.93. The number of hydrogen-bond donors (Lipinski definition) is 1. The van der Waals surface area contributed by atoms with E-state index in [1.807, 2.05) is 19.1 Å². The maximum Gasteiger partial charge on any atom is 0.124 e. The van der Waals surface area contributed by atoms with Gasteiger partial charge in [-0.3, -0.25) is 0 Å². The number of rotatable bonds is 7. The van der Waals surface area contributed by atoms with Crippen molar-refractivity contribution in [2.24, 2.45) is 0 Å². The van der Waals surface area contributed by atoms with Crippen molar-refractivity contribution in [3.05, 3.63) is 28.2 Å². The SMILES string of the molecule is CCCNC(c1cc(Br)ccc1OCC)C1COCCO1. The number of benzene rings is 1. The summed E-state index contributed by atoms with van der Waals surface area (Å²) in [5.41, 5.74) is 1.12. The molecule has 1 aromatic carbocycles. The Labute approximate surface area is 135 Å². The van der Waals surface area contributed by atoms with Crippen LogP contribution in [0.3, 0.4) is 0 Å². The van der Waals surface area contributed by atoms with Crippen LogP contribution in [-0.2, 0) is 9.47 Å². The molecule has 4 nitrogen and oxygen atoms in total. The minimum Gasteiger partial charge on any atom is -0.494 e. The monoisotopic (exact) mass is 357 g/mol. The Morgan fingerprint density at radius 3 is 2.90 bits per heavy atom. The Morgan fingerprint density at radius 2 is 2.24 bits per heavy atom. The Bertz CT molecular complexity index is 436. The van der Waals surface area contributed by atoms with Crippen LogP contribution in [0.1, 0.15) is 31.9 Å². The van der Waals surface area contributed by atoms with Crippen LogP contribution in [0.25, 0.3) is 0 Å². The van der Waals surface area contributed by atoms with Gasteiger partial charge in [0.05, 0.1) is 32.5 Å². The predicted molar refractivity (Wildman–Crippen MR) is 86.9 cm³/mol. The third-order valence-electron chi connectivity index (χ3n) is 3.43. The summed E-state index contributed by atoms with van der Waals surface area (Å²) in [6.07, 6.45) is 1.08. The lowest BCUT2D eigenvalue weighted by molar-refractivity contribution is -0.102. The van der Waals surface area contributed by atoms with E-state index in [1.54, 1.807) is 0 Å². The Morgan fingerprint density at radius 1 is 1.38 bits per heavy atom. The van der Waals surface area contributed by atoms with E-state index in [1.165, 1.54) is 0 Å². The van der Waals surface area contributed by atoms with Gasteiger partial charge in [-0.25, -0.2) is 0 Å². The summed E-state index contributed by atoms with van der Waals surface area (Å²) < 4.78 is 18.3. The van der Waals surface area contributed by atoms with Crippen LogP contribution in [0.15, 0.2) is 22.7 Å². The van der Waals surface area contributed by atoms with Crippen LogP contribution < -0.4 is 10.1 Å². The normalized spacial score (nSPS) is 20.2. The quantitative estimate of drug-likeness (QED) is 0.812. The van der Waals surface area contributed by atoms with Gasteiger partial charge in [0, 0.05) is 10.0 Å². The molecule has 2 rings (SSSR count). The Balaban J connectivity index is 2.27. The van der Waals surface area contributed by atoms with E-state index in [4.69, 9.17) is 14.2 Å². The molecule has 1 aliphatic heterocycles. The summed E-state index contributed by atoms with van der Waals surface area (Å²) in [6, 6.07) is 6.19. The predicted octanol–water partition coefficient (Wildman–Crippen LogP) is 3.30. The highest BCUT2D eigenvalue weighted by Crippen LogP contribution is 2.32. The highest BCUT2D eigenvalue weighted by atomic mass is 79.9. The van der Waals surface area contributed by atoms with Crippen molar-refractivity contribution >= 4 is 15.9 Å². The Hall–Kier alpha value is -0.620. The Kier molecular flexibility index (Phi) is 6.96. The fraction of sp³-hybridized carbons (Fsp3) is 0.625. The van der Waals surface area contributed by atoms with E-state index in [0.29, 0.717) is 26.4 Å². The average Bonchev–Trinajstić information content (AvgIpc) is 2.51. The molecule has 0 aliphatic carbocycles. The fourth-order valence-electron chi connectivity index (χ4n) is 2.49. The standard InChI is InChI=1S/C16H24BrNO3/c1-3-7-18-16(15-11-19-8-9-21-15)13-10-12(17)5-6-14(13)20-4-2/h5-6,10,15-16,18H,3-4,7-9,11H2,1-2H3. The largest absolute Gasteiger partial charge is 0.494 e. The zero-order chi connectivity index (χ0) is 15.1. The molecule has 1 aromatic rings. The molecule has 0 spiro atoms. The second-order valence-electron chi connectivity index (χ2n) is 5.03. The summed E-state index contributed by atoms with van der Waals surface area (Å²) >= 11 is 3.55. The third kappa shape index (κ3) is 4.68. The first-order valence-corrected chi connectivity index (χ1v) is 8.40. The molecule has 0 radical (unpaired) electrons. The number of halogens is 1. The van der Waals surface area contributed by atoms with Gasteiger partial charge in [-0.2, -0.15) is 0 Å². The minimum absolute atomic E-state index is 0.0128. The lowest BCUT2D eigenvalue weighted by Gasteiger charge is -2.32. The van der Waals surface area contributed by atoms with Gasteiger partial charge in [-0.05, 0) is 38.1 Å². The first-order valence-electron chi connectivity index (χ1n) is 7.61. The fourth-order valence-corrected chi connectivity index (χ4v) is 2.87. The smallest absolute Gasteiger partial charge is 0.124 e. The van der Waals surface area contributed by atoms with Crippen LogP contribution in [0, 0.1) is 0 Å². The van der Waals surface area contributed by atoms with Crippen LogP contribution in [0.4, 0.5) is 0 Å². The first-order chi connectivity index (χ1) is 10.3. The lowest BCUT2D eigenvalue weighted by atomic mass is 10.00. The van der Waals surface area contributed by atoms with Crippen molar-refractivity contribution in [1.29, 1.82) is 0 Å². The van der Waals surface area contributed by atoms with Gasteiger partial charge in [-0.1, -0.05) is 22.9 Å². The summed E-state index contributed by atoms with van der Waals surface area (Å²) in [5, 5.41) is 3.58. The second kappa shape index (κ2) is 8.73. The zero-order valence-corrected chi connectivity index (χ0v) is 14.3. The minimum atomic E-state index is 0.0128. The van der Waals surface area contributed by atoms with Crippen molar-refractivity contribution in [3.63, 3.8) is 0 Å². The molecular formula is C16H24BrNO3. The number of nitrogens with one attached hydrogen (secondary N) is 1. The van der Waals surface area contributed by atoms with Gasteiger partial charge in [-0.15, -0.1) is 0 Å². The number of ether oxygens (including phenoxy) is 3. The molecule has 1 fully saturated rings. The zero-order valence-electron chi connectivity index (χ0n) is 12.7. The maximum atomic E-state index is 5.91. The molecule has 1 saturated heterocycles. The second-order valence-corrected chi connectivity index (χ2v) is 5.95. The molecule has 0 amide bonds. The van der Waals surface area contributed by atoms with Crippen molar-refractivity contribution in [2.45, 2.75) is 32.4 Å². The molecule has 1 N–H and O–H groups in total. The molecule has 1 aliphatic rings. The molecule has 118 valence electrons. The molecule has 21 heavy (non-hydrogen) atoms. The van der Waals surface area contributed by atoms with Gasteiger partial charge < -0.3 is 19.5 Å². The van der Waals surface area contributed by atoms with E-state index in [-0.39, 0.29) is 12.1 Å². The first kappa shape index (κ1) is 16.7. The lowest BCUT2D eigenvalue weighted by Crippen LogP contribution is -2.41. The van der Waals surface area contributed by atoms with Gasteiger partial charge in [0.1, 0.15) is 11.9 Å². The molecule has 0 bridgehead atoms. The van der Waals surface area contributed by atoms with E-state index in [0.717, 1.165) is 28.8 Å². The molecule has 5 heteroatoms. The van der Waals surface area contributed by atoms with Crippen LogP contribution in [0.2, 0.25) is 0 Å². The summed E-state index contributed by atoms with van der Waals surface area (Å²) in [7, 11) is 0. The molecule has 0 aromatic heterocycles. The average molecular weight is 358 g/mol. The summed E-state index contributed by atoms with van der Waals surface area (Å²) in [6.45, 7) is 7.67. The van der Waals surface area contributed by atoms with Gasteiger partial charge in [0.15, 0.2) is 0 Å². The van der Waals surface area contributed by atoms with Crippen LogP contribution in [0.5, 0.6) is 5.75 Å². The van der Waals surface area contributed by atoms with E-state index in [2.05, 4.69) is 34.2 Å². The van der Waals surface area contributed by atoms with E-state index in [9.17, 15) is 0 Å². The van der Waals surface area contributed by atoms with Crippen LogP contribution >= 0.6 is 15.9 Å². The van der Waals surface area contributed by atoms with Gasteiger partial charge in [0.25, 0.3) is 0 Å². The summed E-state index contributed by atoms with van der Waals surface area (Å²) in [5.74, 6) is 0.906. The van der Waals surface area contributed by atoms with Crippen molar-refractivity contribution < 1.29 is 14.2 Å². The van der Waals surface area contributed by atoms with Crippen molar-refractivity contribution in [2.75, 3.05) is 33.0 Å². The highest BCUT2D eigenvalue weighted by Gasteiger charge is 2.28. The van der Waals surface area contributed by atoms with Gasteiger partial charge >= 0.3 is 0 Å². The van der Waals surface area contributed by atoms with Crippen molar-refractivity contribution in [3.8, 4) is 5.75 Å². The summed E-state index contributed by atoms with van der Waals surface area (Å²) in [4.78, 5) is 0.